The smallest absolute Gasteiger partial charge is 0.274 e. The monoisotopic (exact) mass is 408 g/mol. The number of benzene rings is 2. The fraction of sp³-hybridized carbons (Fsp3) is 0.286. The van der Waals surface area contributed by atoms with Gasteiger partial charge in [-0.05, 0) is 35.4 Å². The van der Waals surface area contributed by atoms with E-state index in [0.29, 0.717) is 30.3 Å². The fourth-order valence-corrected chi connectivity index (χ4v) is 3.53. The number of carbonyl (C=O) groups excluding carboxylic acids is 1. The van der Waals surface area contributed by atoms with Crippen LogP contribution in [0.4, 0.5) is 0 Å². The minimum atomic E-state index is -0.291. The summed E-state index contributed by atoms with van der Waals surface area (Å²) in [5, 5.41) is 11.1. The van der Waals surface area contributed by atoms with Gasteiger partial charge in [0.2, 0.25) is 6.79 Å². The predicted octanol–water partition coefficient (Wildman–Crippen LogP) is 2.22. The third-order valence-corrected chi connectivity index (χ3v) is 5.19. The van der Waals surface area contributed by atoms with Crippen LogP contribution >= 0.6 is 0 Å². The van der Waals surface area contributed by atoms with Gasteiger partial charge in [0.25, 0.3) is 5.91 Å². The Hall–Kier alpha value is -3.59. The lowest BCUT2D eigenvalue weighted by Crippen LogP contribution is -2.27. The number of rotatable bonds is 5. The van der Waals surface area contributed by atoms with Gasteiger partial charge in [0.1, 0.15) is 11.9 Å². The Morgan fingerprint density at radius 3 is 2.87 bits per heavy atom. The van der Waals surface area contributed by atoms with Gasteiger partial charge >= 0.3 is 0 Å². The van der Waals surface area contributed by atoms with Crippen LogP contribution in [0, 0.1) is 0 Å². The van der Waals surface area contributed by atoms with Gasteiger partial charge in [-0.25, -0.2) is 4.68 Å². The van der Waals surface area contributed by atoms with Crippen LogP contribution in [-0.4, -0.2) is 34.8 Å². The molecule has 0 spiro atoms. The topological polar surface area (TPSA) is 96.7 Å². The largest absolute Gasteiger partial charge is 0.497 e. The molecule has 0 fully saturated rings. The number of carbonyl (C=O) groups is 1. The van der Waals surface area contributed by atoms with Gasteiger partial charge in [0.05, 0.1) is 26.0 Å². The molecular weight excluding hydrogens is 388 g/mol. The van der Waals surface area contributed by atoms with Crippen molar-refractivity contribution in [3.8, 4) is 17.2 Å². The molecule has 1 amide bonds. The van der Waals surface area contributed by atoms with Gasteiger partial charge in [-0.3, -0.25) is 4.79 Å². The number of aromatic nitrogens is 3. The van der Waals surface area contributed by atoms with Crippen LogP contribution in [-0.2, 0) is 24.4 Å². The summed E-state index contributed by atoms with van der Waals surface area (Å²) in [4.78, 5) is 12.7. The Bertz CT molecular complexity index is 1080. The second kappa shape index (κ2) is 7.68. The van der Waals surface area contributed by atoms with Crippen molar-refractivity contribution in [2.75, 3.05) is 13.9 Å². The Balaban J connectivity index is 1.25. The van der Waals surface area contributed by atoms with Gasteiger partial charge in [-0.1, -0.05) is 23.4 Å². The molecule has 5 rings (SSSR count). The summed E-state index contributed by atoms with van der Waals surface area (Å²) in [6, 6.07) is 13.3. The lowest BCUT2D eigenvalue weighted by atomic mass is 10.1. The average molecular weight is 408 g/mol. The summed E-state index contributed by atoms with van der Waals surface area (Å²) in [6.45, 7) is 1.31. The standard InChI is InChI=1S/C21H20N4O5/c1-27-15-5-3-14(4-6-15)19-10-25-16(11-28-19)20(23-24-25)21(26)22-9-13-2-7-17-18(8-13)30-12-29-17/h2-8,19H,9-12H2,1H3,(H,22,26)/t19-/m1/s1. The highest BCUT2D eigenvalue weighted by atomic mass is 16.7. The normalized spacial score (nSPS) is 16.8. The summed E-state index contributed by atoms with van der Waals surface area (Å²) >= 11 is 0. The SMILES string of the molecule is COc1ccc([C@H]2Cn3nnc(C(=O)NCc4ccc5c(c4)OCO5)c3CO2)cc1. The van der Waals surface area contributed by atoms with Crippen molar-refractivity contribution in [3.05, 3.63) is 65.0 Å². The van der Waals surface area contributed by atoms with Crippen molar-refractivity contribution in [2.45, 2.75) is 25.8 Å². The lowest BCUT2D eigenvalue weighted by molar-refractivity contribution is -0.00179. The van der Waals surface area contributed by atoms with Crippen LogP contribution in [0.15, 0.2) is 42.5 Å². The maximum atomic E-state index is 12.7. The van der Waals surface area contributed by atoms with E-state index < -0.39 is 0 Å². The predicted molar refractivity (Wildman–Crippen MR) is 104 cm³/mol. The number of hydrogen-bond acceptors (Lipinski definition) is 7. The van der Waals surface area contributed by atoms with Crippen molar-refractivity contribution >= 4 is 5.91 Å². The van der Waals surface area contributed by atoms with Crippen molar-refractivity contribution < 1.29 is 23.7 Å². The molecule has 154 valence electrons. The third kappa shape index (κ3) is 3.43. The molecule has 9 heteroatoms. The van der Waals surface area contributed by atoms with Crippen LogP contribution in [0.2, 0.25) is 0 Å². The lowest BCUT2D eigenvalue weighted by Gasteiger charge is -2.24. The second-order valence-corrected chi connectivity index (χ2v) is 7.01. The number of ether oxygens (including phenoxy) is 4. The number of nitrogens with one attached hydrogen (secondary N) is 1. The molecule has 1 atom stereocenters. The zero-order valence-electron chi connectivity index (χ0n) is 16.3. The first-order chi connectivity index (χ1) is 14.7. The first kappa shape index (κ1) is 18.4. The van der Waals surface area contributed by atoms with E-state index >= 15 is 0 Å². The molecule has 2 aliphatic heterocycles. The fourth-order valence-electron chi connectivity index (χ4n) is 3.53. The van der Waals surface area contributed by atoms with Crippen LogP contribution in [0.25, 0.3) is 0 Å². The number of fused-ring (bicyclic) bond motifs is 2. The molecule has 0 bridgehead atoms. The quantitative estimate of drug-likeness (QED) is 0.691. The molecule has 1 N–H and O–H groups in total. The summed E-state index contributed by atoms with van der Waals surface area (Å²) in [5.41, 5.74) is 2.88. The summed E-state index contributed by atoms with van der Waals surface area (Å²) < 4.78 is 23.6. The minimum absolute atomic E-state index is 0.158. The van der Waals surface area contributed by atoms with E-state index in [-0.39, 0.29) is 31.1 Å². The zero-order valence-corrected chi connectivity index (χ0v) is 16.3. The van der Waals surface area contributed by atoms with Crippen molar-refractivity contribution in [1.82, 2.24) is 20.3 Å². The number of methoxy groups -OCH3 is 1. The maximum Gasteiger partial charge on any atom is 0.274 e. The molecule has 0 saturated heterocycles. The molecule has 0 aliphatic carbocycles. The van der Waals surface area contributed by atoms with E-state index in [4.69, 9.17) is 18.9 Å². The van der Waals surface area contributed by atoms with Crippen molar-refractivity contribution in [2.24, 2.45) is 0 Å². The molecule has 0 unspecified atom stereocenters. The Morgan fingerprint density at radius 1 is 1.20 bits per heavy atom. The van der Waals surface area contributed by atoms with E-state index in [1.807, 2.05) is 42.5 Å². The van der Waals surface area contributed by atoms with E-state index in [0.717, 1.165) is 16.9 Å². The van der Waals surface area contributed by atoms with Gasteiger partial charge in [-0.2, -0.15) is 0 Å². The zero-order chi connectivity index (χ0) is 20.5. The molecule has 1 aromatic heterocycles. The minimum Gasteiger partial charge on any atom is -0.497 e. The van der Waals surface area contributed by atoms with E-state index in [1.165, 1.54) is 0 Å². The van der Waals surface area contributed by atoms with Gasteiger partial charge in [0, 0.05) is 6.54 Å². The highest BCUT2D eigenvalue weighted by Gasteiger charge is 2.27. The van der Waals surface area contributed by atoms with E-state index in [2.05, 4.69) is 15.6 Å². The van der Waals surface area contributed by atoms with Crippen molar-refractivity contribution in [3.63, 3.8) is 0 Å². The van der Waals surface area contributed by atoms with Crippen molar-refractivity contribution in [1.29, 1.82) is 0 Å². The first-order valence-corrected chi connectivity index (χ1v) is 9.56. The molecule has 30 heavy (non-hydrogen) atoms. The van der Waals surface area contributed by atoms with Crippen LogP contribution < -0.4 is 19.5 Å². The summed E-state index contributed by atoms with van der Waals surface area (Å²) in [5.74, 6) is 1.89. The maximum absolute atomic E-state index is 12.7. The molecular formula is C21H20N4O5. The third-order valence-electron chi connectivity index (χ3n) is 5.19. The molecule has 0 saturated carbocycles. The highest BCUT2D eigenvalue weighted by Crippen LogP contribution is 2.32. The highest BCUT2D eigenvalue weighted by molar-refractivity contribution is 5.93. The van der Waals surface area contributed by atoms with Gasteiger partial charge in [-0.15, -0.1) is 5.10 Å². The number of hydrogen-bond donors (Lipinski definition) is 1. The van der Waals surface area contributed by atoms with E-state index in [1.54, 1.807) is 11.8 Å². The van der Waals surface area contributed by atoms with Gasteiger partial charge < -0.3 is 24.3 Å². The van der Waals surface area contributed by atoms with Crippen LogP contribution in [0.5, 0.6) is 17.2 Å². The first-order valence-electron chi connectivity index (χ1n) is 9.56. The molecule has 9 nitrogen and oxygen atoms in total. The second-order valence-electron chi connectivity index (χ2n) is 7.01. The molecule has 3 heterocycles. The van der Waals surface area contributed by atoms with Crippen LogP contribution in [0.3, 0.4) is 0 Å². The Labute approximate surface area is 172 Å². The summed E-state index contributed by atoms with van der Waals surface area (Å²) in [7, 11) is 1.63. The summed E-state index contributed by atoms with van der Waals surface area (Å²) in [6.07, 6.45) is -0.158. The molecule has 3 aromatic rings. The number of nitrogens with zero attached hydrogens (tertiary/aromatic N) is 3. The Morgan fingerprint density at radius 2 is 2.03 bits per heavy atom. The molecule has 2 aliphatic rings. The molecule has 0 radical (unpaired) electrons. The average Bonchev–Trinajstić information content (AvgIpc) is 3.43. The molecule has 2 aromatic carbocycles. The van der Waals surface area contributed by atoms with Crippen LogP contribution in [0.1, 0.15) is 33.4 Å². The van der Waals surface area contributed by atoms with Gasteiger partial charge in [0.15, 0.2) is 17.2 Å². The number of amides is 1. The van der Waals surface area contributed by atoms with E-state index in [9.17, 15) is 4.79 Å². The Kier molecular flexibility index (Phi) is 4.72.